The van der Waals surface area contributed by atoms with Gasteiger partial charge in [0.15, 0.2) is 0 Å². The number of carbonyl (C=O) groups excluding carboxylic acids is 1. The summed E-state index contributed by atoms with van der Waals surface area (Å²) in [4.78, 5) is 25.7. The highest BCUT2D eigenvalue weighted by Crippen LogP contribution is 2.19. The summed E-state index contributed by atoms with van der Waals surface area (Å²) in [6, 6.07) is 10.8. The van der Waals surface area contributed by atoms with Crippen LogP contribution in [0.15, 0.2) is 42.7 Å². The van der Waals surface area contributed by atoms with E-state index in [2.05, 4.69) is 49.4 Å². The van der Waals surface area contributed by atoms with Gasteiger partial charge in [-0.1, -0.05) is 31.0 Å². The zero-order valence-electron chi connectivity index (χ0n) is 15.0. The van der Waals surface area contributed by atoms with E-state index in [0.29, 0.717) is 17.6 Å². The summed E-state index contributed by atoms with van der Waals surface area (Å²) in [6.07, 6.45) is 7.86. The molecule has 1 aliphatic heterocycles. The molecule has 1 aromatic carbocycles. The van der Waals surface area contributed by atoms with Crippen molar-refractivity contribution in [2.75, 3.05) is 36.0 Å². The first-order valence-corrected chi connectivity index (χ1v) is 9.47. The van der Waals surface area contributed by atoms with Gasteiger partial charge in [0.25, 0.3) is 5.91 Å². The van der Waals surface area contributed by atoms with Crippen LogP contribution in [0.1, 0.15) is 36.0 Å². The van der Waals surface area contributed by atoms with E-state index in [4.69, 9.17) is 0 Å². The molecule has 4 rings (SSSR count). The lowest BCUT2D eigenvalue weighted by Gasteiger charge is -2.36. The Labute approximate surface area is 154 Å². The molecule has 0 radical (unpaired) electrons. The zero-order valence-corrected chi connectivity index (χ0v) is 15.0. The fourth-order valence-electron chi connectivity index (χ4n) is 3.74. The molecule has 26 heavy (non-hydrogen) atoms. The molecular weight excluding hydrogens is 326 g/mol. The number of hydrogen-bond donors (Lipinski definition) is 1. The maximum atomic E-state index is 12.3. The van der Waals surface area contributed by atoms with Crippen LogP contribution in [-0.2, 0) is 0 Å². The van der Waals surface area contributed by atoms with E-state index in [0.717, 1.165) is 39.0 Å². The van der Waals surface area contributed by atoms with Crippen molar-refractivity contribution in [3.63, 3.8) is 0 Å². The SMILES string of the molecule is O=C(NC1CCCC1)c1cnc(N2CCN(c3ccccc3)CC2)nc1. The Hall–Kier alpha value is -2.63. The van der Waals surface area contributed by atoms with Crippen LogP contribution < -0.4 is 15.1 Å². The van der Waals surface area contributed by atoms with Gasteiger partial charge in [-0.25, -0.2) is 9.97 Å². The maximum Gasteiger partial charge on any atom is 0.254 e. The van der Waals surface area contributed by atoms with Crippen LogP contribution in [0.25, 0.3) is 0 Å². The number of carbonyl (C=O) groups is 1. The lowest BCUT2D eigenvalue weighted by Crippen LogP contribution is -2.47. The van der Waals surface area contributed by atoms with Crippen LogP contribution in [0.2, 0.25) is 0 Å². The predicted molar refractivity (Wildman–Crippen MR) is 103 cm³/mol. The molecule has 2 aromatic rings. The number of nitrogens with zero attached hydrogens (tertiary/aromatic N) is 4. The van der Waals surface area contributed by atoms with Gasteiger partial charge in [0.2, 0.25) is 5.95 Å². The first kappa shape index (κ1) is 16.8. The third kappa shape index (κ3) is 3.79. The number of rotatable bonds is 4. The molecule has 6 nitrogen and oxygen atoms in total. The molecule has 1 amide bonds. The number of amides is 1. The summed E-state index contributed by atoms with van der Waals surface area (Å²) in [5.41, 5.74) is 1.80. The molecule has 1 saturated carbocycles. The second-order valence-corrected chi connectivity index (χ2v) is 7.04. The quantitative estimate of drug-likeness (QED) is 0.917. The summed E-state index contributed by atoms with van der Waals surface area (Å²) < 4.78 is 0. The smallest absolute Gasteiger partial charge is 0.254 e. The molecule has 1 saturated heterocycles. The Morgan fingerprint density at radius 1 is 0.923 bits per heavy atom. The van der Waals surface area contributed by atoms with Crippen LogP contribution in [0.5, 0.6) is 0 Å². The third-order valence-corrected chi connectivity index (χ3v) is 5.27. The second-order valence-electron chi connectivity index (χ2n) is 7.04. The minimum atomic E-state index is -0.0580. The molecule has 0 atom stereocenters. The van der Waals surface area contributed by atoms with Crippen LogP contribution in [0, 0.1) is 0 Å². The van der Waals surface area contributed by atoms with Crippen molar-refractivity contribution >= 4 is 17.5 Å². The second kappa shape index (κ2) is 7.72. The van der Waals surface area contributed by atoms with Gasteiger partial charge in [0.05, 0.1) is 5.56 Å². The topological polar surface area (TPSA) is 61.4 Å². The van der Waals surface area contributed by atoms with E-state index >= 15 is 0 Å². The van der Waals surface area contributed by atoms with Gasteiger partial charge < -0.3 is 15.1 Å². The van der Waals surface area contributed by atoms with Crippen LogP contribution in [-0.4, -0.2) is 48.1 Å². The monoisotopic (exact) mass is 351 g/mol. The molecular formula is C20H25N5O. The summed E-state index contributed by atoms with van der Waals surface area (Å²) in [5, 5.41) is 3.08. The fourth-order valence-corrected chi connectivity index (χ4v) is 3.74. The van der Waals surface area contributed by atoms with Crippen molar-refractivity contribution in [3.05, 3.63) is 48.3 Å². The van der Waals surface area contributed by atoms with E-state index in [9.17, 15) is 4.79 Å². The molecule has 1 aliphatic carbocycles. The number of para-hydroxylation sites is 1. The zero-order chi connectivity index (χ0) is 17.8. The van der Waals surface area contributed by atoms with Crippen LogP contribution in [0.3, 0.4) is 0 Å². The Kier molecular flexibility index (Phi) is 5.00. The van der Waals surface area contributed by atoms with Crippen molar-refractivity contribution in [1.29, 1.82) is 0 Å². The molecule has 2 fully saturated rings. The predicted octanol–water partition coefficient (Wildman–Crippen LogP) is 2.48. The highest BCUT2D eigenvalue weighted by atomic mass is 16.1. The molecule has 0 unspecified atom stereocenters. The first-order chi connectivity index (χ1) is 12.8. The lowest BCUT2D eigenvalue weighted by atomic mass is 10.2. The van der Waals surface area contributed by atoms with Gasteiger partial charge in [-0.05, 0) is 25.0 Å². The Morgan fingerprint density at radius 2 is 1.54 bits per heavy atom. The number of hydrogen-bond acceptors (Lipinski definition) is 5. The Morgan fingerprint density at radius 3 is 2.19 bits per heavy atom. The molecule has 0 spiro atoms. The third-order valence-electron chi connectivity index (χ3n) is 5.27. The van der Waals surface area contributed by atoms with Gasteiger partial charge in [-0.2, -0.15) is 0 Å². The van der Waals surface area contributed by atoms with Crippen molar-refractivity contribution in [2.45, 2.75) is 31.7 Å². The number of piperazine rings is 1. The standard InChI is InChI=1S/C20H25N5O/c26-19(23-17-6-4-5-7-17)16-14-21-20(22-15-16)25-12-10-24(11-13-25)18-8-2-1-3-9-18/h1-3,8-9,14-15,17H,4-7,10-13H2,(H,23,26). The van der Waals surface area contributed by atoms with Crippen molar-refractivity contribution in [1.82, 2.24) is 15.3 Å². The average molecular weight is 351 g/mol. The summed E-state index contributed by atoms with van der Waals surface area (Å²) in [5.74, 6) is 0.646. The lowest BCUT2D eigenvalue weighted by molar-refractivity contribution is 0.0937. The van der Waals surface area contributed by atoms with Crippen LogP contribution >= 0.6 is 0 Å². The van der Waals surface area contributed by atoms with Gasteiger partial charge >= 0.3 is 0 Å². The highest BCUT2D eigenvalue weighted by molar-refractivity contribution is 5.93. The number of benzene rings is 1. The van der Waals surface area contributed by atoms with E-state index in [-0.39, 0.29) is 5.91 Å². The van der Waals surface area contributed by atoms with Crippen LogP contribution in [0.4, 0.5) is 11.6 Å². The fraction of sp³-hybridized carbons (Fsp3) is 0.450. The van der Waals surface area contributed by atoms with E-state index < -0.39 is 0 Å². The minimum Gasteiger partial charge on any atom is -0.368 e. The van der Waals surface area contributed by atoms with Gasteiger partial charge in [-0.15, -0.1) is 0 Å². The molecule has 0 bridgehead atoms. The molecule has 1 aromatic heterocycles. The summed E-state index contributed by atoms with van der Waals surface area (Å²) in [7, 11) is 0. The molecule has 2 aliphatic rings. The highest BCUT2D eigenvalue weighted by Gasteiger charge is 2.21. The van der Waals surface area contributed by atoms with E-state index in [1.54, 1.807) is 12.4 Å². The normalized spacial score (nSPS) is 18.2. The van der Waals surface area contributed by atoms with Gasteiger partial charge in [-0.3, -0.25) is 4.79 Å². The number of aromatic nitrogens is 2. The molecule has 2 heterocycles. The van der Waals surface area contributed by atoms with Gasteiger partial charge in [0, 0.05) is 50.3 Å². The van der Waals surface area contributed by atoms with Crippen molar-refractivity contribution in [3.8, 4) is 0 Å². The molecule has 6 heteroatoms. The van der Waals surface area contributed by atoms with Gasteiger partial charge in [0.1, 0.15) is 0 Å². The number of nitrogens with one attached hydrogen (secondary N) is 1. The van der Waals surface area contributed by atoms with E-state index in [1.807, 2.05) is 6.07 Å². The van der Waals surface area contributed by atoms with Crippen molar-refractivity contribution in [2.24, 2.45) is 0 Å². The largest absolute Gasteiger partial charge is 0.368 e. The summed E-state index contributed by atoms with van der Waals surface area (Å²) >= 11 is 0. The Balaban J connectivity index is 1.33. The van der Waals surface area contributed by atoms with Crippen molar-refractivity contribution < 1.29 is 4.79 Å². The average Bonchev–Trinajstić information content (AvgIpc) is 3.22. The Bertz CT molecular complexity index is 720. The first-order valence-electron chi connectivity index (χ1n) is 9.47. The summed E-state index contributed by atoms with van der Waals surface area (Å²) in [6.45, 7) is 3.64. The number of anilines is 2. The maximum absolute atomic E-state index is 12.3. The molecule has 136 valence electrons. The molecule has 1 N–H and O–H groups in total. The minimum absolute atomic E-state index is 0.0580. The van der Waals surface area contributed by atoms with E-state index in [1.165, 1.54) is 18.5 Å².